The molecular formula is C18H26N6O4. The Balaban J connectivity index is 1.91. The molecule has 3 heterocycles. The van der Waals surface area contributed by atoms with Gasteiger partial charge in [-0.2, -0.15) is 0 Å². The second-order valence-corrected chi connectivity index (χ2v) is 7.26. The first-order valence-electron chi connectivity index (χ1n) is 9.21. The SMILES string of the molecule is CN1CCN(CCNC(=O)c2cc(=O)n(C)c3c2c(=O)n(C)c(=O)n3C)CC1. The number of carbonyl (C=O) groups excluding carboxylic acids is 1. The van der Waals surface area contributed by atoms with Gasteiger partial charge in [-0.25, -0.2) is 4.79 Å². The summed E-state index contributed by atoms with van der Waals surface area (Å²) < 4.78 is 3.35. The molecule has 1 saturated heterocycles. The minimum Gasteiger partial charge on any atom is -0.351 e. The summed E-state index contributed by atoms with van der Waals surface area (Å²) in [7, 11) is 6.37. The van der Waals surface area contributed by atoms with E-state index in [4.69, 9.17) is 0 Å². The quantitative estimate of drug-likeness (QED) is 0.643. The molecule has 1 fully saturated rings. The molecule has 0 radical (unpaired) electrons. The van der Waals surface area contributed by atoms with Gasteiger partial charge in [0.15, 0.2) is 0 Å². The van der Waals surface area contributed by atoms with Gasteiger partial charge in [0.1, 0.15) is 5.65 Å². The van der Waals surface area contributed by atoms with Gasteiger partial charge in [0, 0.05) is 66.5 Å². The number of aryl methyl sites for hydroxylation is 2. The number of hydrogen-bond acceptors (Lipinski definition) is 6. The number of likely N-dealkylation sites (N-methyl/N-ethyl adjacent to an activating group) is 1. The van der Waals surface area contributed by atoms with E-state index < -0.39 is 22.7 Å². The zero-order chi connectivity index (χ0) is 20.6. The lowest BCUT2D eigenvalue weighted by Gasteiger charge is -2.32. The van der Waals surface area contributed by atoms with Crippen molar-refractivity contribution in [2.75, 3.05) is 46.3 Å². The van der Waals surface area contributed by atoms with Crippen LogP contribution in [0.3, 0.4) is 0 Å². The molecule has 2 aromatic rings. The Labute approximate surface area is 161 Å². The zero-order valence-corrected chi connectivity index (χ0v) is 16.7. The Morgan fingerprint density at radius 3 is 2.25 bits per heavy atom. The van der Waals surface area contributed by atoms with Crippen molar-refractivity contribution in [3.8, 4) is 0 Å². The third kappa shape index (κ3) is 3.52. The van der Waals surface area contributed by atoms with Crippen molar-refractivity contribution in [1.82, 2.24) is 28.8 Å². The summed E-state index contributed by atoms with van der Waals surface area (Å²) in [5.41, 5.74) is -1.49. The predicted octanol–water partition coefficient (Wildman–Crippen LogP) is -2.09. The van der Waals surface area contributed by atoms with E-state index in [0.717, 1.165) is 36.8 Å². The maximum atomic E-state index is 12.8. The summed E-state index contributed by atoms with van der Waals surface area (Å²) >= 11 is 0. The number of nitrogens with one attached hydrogen (secondary N) is 1. The largest absolute Gasteiger partial charge is 0.351 e. The molecule has 1 N–H and O–H groups in total. The van der Waals surface area contributed by atoms with E-state index in [1.54, 1.807) is 0 Å². The van der Waals surface area contributed by atoms with Crippen LogP contribution in [0.15, 0.2) is 20.4 Å². The summed E-state index contributed by atoms with van der Waals surface area (Å²) in [4.78, 5) is 54.5. The lowest BCUT2D eigenvalue weighted by Crippen LogP contribution is -2.47. The van der Waals surface area contributed by atoms with Gasteiger partial charge in [0.25, 0.3) is 17.0 Å². The number of fused-ring (bicyclic) bond motifs is 1. The molecule has 0 unspecified atom stereocenters. The number of amides is 1. The number of carbonyl (C=O) groups is 1. The predicted molar refractivity (Wildman–Crippen MR) is 106 cm³/mol. The Kier molecular flexibility index (Phi) is 5.52. The maximum Gasteiger partial charge on any atom is 0.332 e. The molecule has 0 spiro atoms. The lowest BCUT2D eigenvalue weighted by molar-refractivity contribution is 0.0942. The second-order valence-electron chi connectivity index (χ2n) is 7.26. The molecule has 0 bridgehead atoms. The smallest absolute Gasteiger partial charge is 0.332 e. The van der Waals surface area contributed by atoms with Gasteiger partial charge >= 0.3 is 5.69 Å². The van der Waals surface area contributed by atoms with Crippen LogP contribution >= 0.6 is 0 Å². The van der Waals surface area contributed by atoms with Crippen LogP contribution in [0.25, 0.3) is 11.0 Å². The highest BCUT2D eigenvalue weighted by atomic mass is 16.2. The number of hydrogen-bond donors (Lipinski definition) is 1. The fourth-order valence-corrected chi connectivity index (χ4v) is 3.53. The Bertz CT molecular complexity index is 1090. The van der Waals surface area contributed by atoms with Gasteiger partial charge in [-0.3, -0.25) is 33.0 Å². The topological polar surface area (TPSA) is 102 Å². The van der Waals surface area contributed by atoms with Crippen LogP contribution in [-0.4, -0.2) is 75.7 Å². The summed E-state index contributed by atoms with van der Waals surface area (Å²) in [6.07, 6.45) is 0. The third-order valence-electron chi connectivity index (χ3n) is 5.37. The number of nitrogens with zero attached hydrogens (tertiary/aromatic N) is 5. The van der Waals surface area contributed by atoms with Crippen LogP contribution in [0.2, 0.25) is 0 Å². The summed E-state index contributed by atoms with van der Waals surface area (Å²) in [5.74, 6) is -0.493. The van der Waals surface area contributed by atoms with Crippen LogP contribution in [0.5, 0.6) is 0 Å². The summed E-state index contributed by atoms with van der Waals surface area (Å²) in [5, 5.41) is 2.86. The summed E-state index contributed by atoms with van der Waals surface area (Å²) in [6, 6.07) is 1.15. The highest BCUT2D eigenvalue weighted by molar-refractivity contribution is 6.05. The number of piperazine rings is 1. The molecule has 2 aromatic heterocycles. The van der Waals surface area contributed by atoms with Crippen LogP contribution in [0, 0.1) is 0 Å². The molecule has 10 heteroatoms. The number of pyridine rings is 1. The average Bonchev–Trinajstić information content (AvgIpc) is 2.67. The van der Waals surface area contributed by atoms with E-state index >= 15 is 0 Å². The van der Waals surface area contributed by atoms with Crippen LogP contribution in [-0.2, 0) is 21.1 Å². The number of rotatable bonds is 4. The van der Waals surface area contributed by atoms with E-state index in [-0.39, 0.29) is 16.6 Å². The van der Waals surface area contributed by atoms with Gasteiger partial charge in [-0.1, -0.05) is 0 Å². The minimum absolute atomic E-state index is 0.00678. The van der Waals surface area contributed by atoms with Gasteiger partial charge < -0.3 is 10.2 Å². The Morgan fingerprint density at radius 1 is 0.964 bits per heavy atom. The van der Waals surface area contributed by atoms with Crippen molar-refractivity contribution >= 4 is 16.9 Å². The molecule has 0 saturated carbocycles. The molecule has 0 aromatic carbocycles. The van der Waals surface area contributed by atoms with Crippen LogP contribution in [0.4, 0.5) is 0 Å². The van der Waals surface area contributed by atoms with Gasteiger partial charge in [-0.05, 0) is 7.05 Å². The van der Waals surface area contributed by atoms with Crippen LogP contribution in [0.1, 0.15) is 10.4 Å². The highest BCUT2D eigenvalue weighted by Crippen LogP contribution is 2.10. The lowest BCUT2D eigenvalue weighted by atomic mass is 10.1. The maximum absolute atomic E-state index is 12.8. The zero-order valence-electron chi connectivity index (χ0n) is 16.7. The molecule has 28 heavy (non-hydrogen) atoms. The first kappa shape index (κ1) is 20.0. The molecule has 1 aliphatic rings. The molecule has 1 amide bonds. The van der Waals surface area contributed by atoms with Gasteiger partial charge in [-0.15, -0.1) is 0 Å². The number of aromatic nitrogens is 3. The minimum atomic E-state index is -0.599. The molecule has 0 atom stereocenters. The van der Waals surface area contributed by atoms with Crippen molar-refractivity contribution in [1.29, 1.82) is 0 Å². The van der Waals surface area contributed by atoms with Crippen molar-refractivity contribution in [2.24, 2.45) is 21.1 Å². The standard InChI is InChI=1S/C18H26N6O4/c1-20-7-9-24(10-8-20)6-5-19-15(26)12-11-13(25)21(2)16-14(12)17(27)23(4)18(28)22(16)3/h11H,5-10H2,1-4H3,(H,19,26). The van der Waals surface area contributed by atoms with E-state index in [0.29, 0.717) is 13.1 Å². The molecule has 3 rings (SSSR count). The fourth-order valence-electron chi connectivity index (χ4n) is 3.53. The molecule has 0 aliphatic carbocycles. The molecular weight excluding hydrogens is 364 g/mol. The van der Waals surface area contributed by atoms with Crippen molar-refractivity contribution in [3.05, 3.63) is 42.8 Å². The van der Waals surface area contributed by atoms with E-state index in [1.807, 2.05) is 0 Å². The van der Waals surface area contributed by atoms with Gasteiger partial charge in [0.2, 0.25) is 0 Å². The highest BCUT2D eigenvalue weighted by Gasteiger charge is 2.21. The Morgan fingerprint density at radius 2 is 1.61 bits per heavy atom. The third-order valence-corrected chi connectivity index (χ3v) is 5.37. The van der Waals surface area contributed by atoms with Crippen molar-refractivity contribution < 1.29 is 4.79 Å². The monoisotopic (exact) mass is 390 g/mol. The molecule has 152 valence electrons. The molecule has 10 nitrogen and oxygen atoms in total. The normalized spacial score (nSPS) is 15.9. The van der Waals surface area contributed by atoms with Crippen molar-refractivity contribution in [2.45, 2.75) is 0 Å². The summed E-state index contributed by atoms with van der Waals surface area (Å²) in [6.45, 7) is 4.94. The average molecular weight is 390 g/mol. The Hall–Kier alpha value is -2.72. The van der Waals surface area contributed by atoms with E-state index in [2.05, 4.69) is 22.2 Å². The van der Waals surface area contributed by atoms with E-state index in [1.165, 1.54) is 30.3 Å². The van der Waals surface area contributed by atoms with E-state index in [9.17, 15) is 19.2 Å². The van der Waals surface area contributed by atoms with Gasteiger partial charge in [0.05, 0.1) is 10.9 Å². The molecule has 1 aliphatic heterocycles. The first-order valence-corrected chi connectivity index (χ1v) is 9.21. The van der Waals surface area contributed by atoms with Crippen LogP contribution < -0.4 is 22.1 Å². The fraction of sp³-hybridized carbons (Fsp3) is 0.556. The first-order chi connectivity index (χ1) is 13.2. The van der Waals surface area contributed by atoms with Crippen molar-refractivity contribution in [3.63, 3.8) is 0 Å². The second kappa shape index (κ2) is 7.72.